The average molecular weight is 269 g/mol. The summed E-state index contributed by atoms with van der Waals surface area (Å²) in [7, 11) is 1.66. The summed E-state index contributed by atoms with van der Waals surface area (Å²) in [6.07, 6.45) is 1.92. The van der Waals surface area contributed by atoms with Gasteiger partial charge in [-0.2, -0.15) is 0 Å². The highest BCUT2D eigenvalue weighted by atomic mass is 79.9. The quantitative estimate of drug-likeness (QED) is 0.895. The van der Waals surface area contributed by atoms with E-state index >= 15 is 0 Å². The Morgan fingerprint density at radius 3 is 2.87 bits per heavy atom. The van der Waals surface area contributed by atoms with Crippen molar-refractivity contribution in [3.63, 3.8) is 0 Å². The Morgan fingerprint density at radius 1 is 1.47 bits per heavy atom. The Kier molecular flexibility index (Phi) is 2.95. The Hall–Kier alpha value is -1.03. The molecule has 0 aromatic heterocycles. The number of nitrogens with one attached hydrogen (secondary N) is 1. The molecule has 1 N–H and O–H groups in total. The molecule has 0 amide bonds. The molecule has 0 atom stereocenters. The van der Waals surface area contributed by atoms with Crippen LogP contribution in [0, 0.1) is 5.41 Å². The fourth-order valence-corrected chi connectivity index (χ4v) is 2.23. The largest absolute Gasteiger partial charge is 0.497 e. The third-order valence-corrected chi connectivity index (χ3v) is 3.24. The number of methoxy groups -OCH3 is 1. The Balaban J connectivity index is 2.37. The van der Waals surface area contributed by atoms with Crippen molar-refractivity contribution in [2.45, 2.75) is 12.8 Å². The molecule has 4 heteroatoms. The summed E-state index contributed by atoms with van der Waals surface area (Å²) in [5.74, 6) is 1.51. The van der Waals surface area contributed by atoms with E-state index in [1.807, 2.05) is 23.1 Å². The van der Waals surface area contributed by atoms with E-state index in [0.29, 0.717) is 5.84 Å². The number of amidine groups is 1. The molecule has 1 aromatic carbocycles. The monoisotopic (exact) mass is 268 g/mol. The lowest BCUT2D eigenvalue weighted by atomic mass is 10.3. The second kappa shape index (κ2) is 4.23. The molecule has 2 rings (SSSR count). The van der Waals surface area contributed by atoms with Gasteiger partial charge in [-0.25, -0.2) is 0 Å². The zero-order valence-corrected chi connectivity index (χ0v) is 10.2. The molecule has 1 fully saturated rings. The lowest BCUT2D eigenvalue weighted by Crippen LogP contribution is -2.23. The van der Waals surface area contributed by atoms with Gasteiger partial charge in [0.25, 0.3) is 0 Å². The highest BCUT2D eigenvalue weighted by Crippen LogP contribution is 2.32. The van der Waals surface area contributed by atoms with Gasteiger partial charge in [-0.3, -0.25) is 5.41 Å². The highest BCUT2D eigenvalue weighted by molar-refractivity contribution is 9.10. The fraction of sp³-hybridized carbons (Fsp3) is 0.364. The molecule has 1 saturated heterocycles. The van der Waals surface area contributed by atoms with Crippen LogP contribution >= 0.6 is 15.9 Å². The van der Waals surface area contributed by atoms with Crippen molar-refractivity contribution in [3.8, 4) is 5.75 Å². The molecule has 0 saturated carbocycles. The van der Waals surface area contributed by atoms with Gasteiger partial charge < -0.3 is 9.64 Å². The van der Waals surface area contributed by atoms with Gasteiger partial charge in [0.1, 0.15) is 11.6 Å². The van der Waals surface area contributed by atoms with Crippen LogP contribution in [0.2, 0.25) is 0 Å². The van der Waals surface area contributed by atoms with Crippen molar-refractivity contribution in [2.75, 3.05) is 18.6 Å². The van der Waals surface area contributed by atoms with Crippen LogP contribution in [-0.2, 0) is 0 Å². The number of anilines is 1. The second-order valence-corrected chi connectivity index (χ2v) is 4.37. The van der Waals surface area contributed by atoms with Crippen LogP contribution in [0.5, 0.6) is 5.75 Å². The normalized spacial score (nSPS) is 15.9. The molecule has 3 nitrogen and oxygen atoms in total. The van der Waals surface area contributed by atoms with Gasteiger partial charge in [-0.1, -0.05) is 0 Å². The number of hydrogen-bond acceptors (Lipinski definition) is 2. The van der Waals surface area contributed by atoms with Crippen molar-refractivity contribution >= 4 is 27.5 Å². The van der Waals surface area contributed by atoms with E-state index in [4.69, 9.17) is 10.1 Å². The first-order chi connectivity index (χ1) is 7.22. The van der Waals surface area contributed by atoms with Gasteiger partial charge in [0.15, 0.2) is 0 Å². The molecule has 1 aliphatic rings. The Morgan fingerprint density at radius 2 is 2.27 bits per heavy atom. The number of ether oxygens (including phenoxy) is 1. The maximum Gasteiger partial charge on any atom is 0.121 e. The van der Waals surface area contributed by atoms with Crippen LogP contribution in [0.25, 0.3) is 0 Å². The number of benzene rings is 1. The van der Waals surface area contributed by atoms with Crippen LogP contribution in [0.4, 0.5) is 5.69 Å². The van der Waals surface area contributed by atoms with Crippen LogP contribution in [-0.4, -0.2) is 19.5 Å². The van der Waals surface area contributed by atoms with E-state index in [2.05, 4.69) is 15.9 Å². The molecule has 1 aliphatic heterocycles. The molecule has 0 aliphatic carbocycles. The predicted molar refractivity (Wildman–Crippen MR) is 65.0 cm³/mol. The van der Waals surface area contributed by atoms with Crippen LogP contribution in [0.1, 0.15) is 12.8 Å². The van der Waals surface area contributed by atoms with Gasteiger partial charge in [-0.15, -0.1) is 0 Å². The van der Waals surface area contributed by atoms with Gasteiger partial charge in [0.05, 0.1) is 12.8 Å². The summed E-state index contributed by atoms with van der Waals surface area (Å²) in [5, 5.41) is 7.83. The Labute approximate surface area is 97.7 Å². The van der Waals surface area contributed by atoms with E-state index in [1.165, 1.54) is 0 Å². The third kappa shape index (κ3) is 2.00. The lowest BCUT2D eigenvalue weighted by Gasteiger charge is -2.20. The standard InChI is InChI=1S/C11H13BrN2O/c1-15-8-4-5-9(12)10(7-8)14-6-2-3-11(14)13/h4-5,7,13H,2-3,6H2,1H3. The minimum Gasteiger partial charge on any atom is -0.497 e. The van der Waals surface area contributed by atoms with E-state index < -0.39 is 0 Å². The van der Waals surface area contributed by atoms with Crippen LogP contribution in [0.3, 0.4) is 0 Å². The van der Waals surface area contributed by atoms with E-state index in [9.17, 15) is 0 Å². The van der Waals surface area contributed by atoms with Crippen molar-refractivity contribution in [2.24, 2.45) is 0 Å². The molecule has 1 heterocycles. The smallest absolute Gasteiger partial charge is 0.121 e. The first-order valence-corrected chi connectivity index (χ1v) is 5.70. The minimum absolute atomic E-state index is 0.684. The van der Waals surface area contributed by atoms with E-state index in [1.54, 1.807) is 7.11 Å². The number of nitrogens with zero attached hydrogens (tertiary/aromatic N) is 1. The summed E-state index contributed by atoms with van der Waals surface area (Å²) in [4.78, 5) is 2.02. The maximum absolute atomic E-state index is 7.83. The van der Waals surface area contributed by atoms with E-state index in [0.717, 1.165) is 35.3 Å². The Bertz CT molecular complexity index is 392. The molecule has 0 spiro atoms. The highest BCUT2D eigenvalue weighted by Gasteiger charge is 2.20. The lowest BCUT2D eigenvalue weighted by molar-refractivity contribution is 0.415. The molecule has 1 aromatic rings. The number of halogens is 1. The molecule has 80 valence electrons. The number of hydrogen-bond donors (Lipinski definition) is 1. The predicted octanol–water partition coefficient (Wildman–Crippen LogP) is 3.04. The molecular weight excluding hydrogens is 256 g/mol. The zero-order chi connectivity index (χ0) is 10.8. The maximum atomic E-state index is 7.83. The first kappa shape index (κ1) is 10.5. The molecule has 0 unspecified atom stereocenters. The van der Waals surface area contributed by atoms with Crippen molar-refractivity contribution in [1.82, 2.24) is 0 Å². The van der Waals surface area contributed by atoms with Crippen LogP contribution < -0.4 is 9.64 Å². The van der Waals surface area contributed by atoms with Gasteiger partial charge in [0.2, 0.25) is 0 Å². The minimum atomic E-state index is 0.684. The van der Waals surface area contributed by atoms with Crippen molar-refractivity contribution in [1.29, 1.82) is 5.41 Å². The van der Waals surface area contributed by atoms with E-state index in [-0.39, 0.29) is 0 Å². The summed E-state index contributed by atoms with van der Waals surface area (Å²) in [5.41, 5.74) is 1.02. The first-order valence-electron chi connectivity index (χ1n) is 4.91. The van der Waals surface area contributed by atoms with Gasteiger partial charge in [0, 0.05) is 23.5 Å². The molecule has 15 heavy (non-hydrogen) atoms. The summed E-state index contributed by atoms with van der Waals surface area (Å²) >= 11 is 3.50. The molecule has 0 radical (unpaired) electrons. The van der Waals surface area contributed by atoms with Crippen molar-refractivity contribution in [3.05, 3.63) is 22.7 Å². The summed E-state index contributed by atoms with van der Waals surface area (Å²) in [6, 6.07) is 5.83. The molecule has 0 bridgehead atoms. The zero-order valence-electron chi connectivity index (χ0n) is 8.59. The summed E-state index contributed by atoms with van der Waals surface area (Å²) < 4.78 is 6.20. The van der Waals surface area contributed by atoms with Gasteiger partial charge in [-0.05, 0) is 34.5 Å². The SMILES string of the molecule is COc1ccc(Br)c(N2CCCC2=N)c1. The van der Waals surface area contributed by atoms with Crippen molar-refractivity contribution < 1.29 is 4.74 Å². The fourth-order valence-electron chi connectivity index (χ4n) is 1.77. The third-order valence-electron chi connectivity index (χ3n) is 2.57. The second-order valence-electron chi connectivity index (χ2n) is 3.52. The molecular formula is C11H13BrN2O. The van der Waals surface area contributed by atoms with Gasteiger partial charge >= 0.3 is 0 Å². The average Bonchev–Trinajstić information content (AvgIpc) is 2.65. The van der Waals surface area contributed by atoms with Crippen LogP contribution in [0.15, 0.2) is 22.7 Å². The topological polar surface area (TPSA) is 36.3 Å². The number of rotatable bonds is 2. The summed E-state index contributed by atoms with van der Waals surface area (Å²) in [6.45, 7) is 0.921.